The Balaban J connectivity index is 2.51. The highest BCUT2D eigenvalue weighted by Crippen LogP contribution is 2.33. The van der Waals surface area contributed by atoms with E-state index in [0.29, 0.717) is 5.92 Å². The Morgan fingerprint density at radius 2 is 2.00 bits per heavy atom. The Hall–Kier alpha value is -0.0800. The van der Waals surface area contributed by atoms with Gasteiger partial charge in [-0.25, -0.2) is 0 Å². The van der Waals surface area contributed by atoms with Gasteiger partial charge < -0.3 is 10.8 Å². The highest BCUT2D eigenvalue weighted by atomic mass is 16.3. The summed E-state index contributed by atoms with van der Waals surface area (Å²) in [5, 5.41) is 10.0. The van der Waals surface area contributed by atoms with Gasteiger partial charge >= 0.3 is 0 Å². The zero-order chi connectivity index (χ0) is 10.1. The third-order valence-corrected chi connectivity index (χ3v) is 3.19. The summed E-state index contributed by atoms with van der Waals surface area (Å²) in [7, 11) is 0. The molecule has 1 rings (SSSR count). The zero-order valence-electron chi connectivity index (χ0n) is 9.09. The summed E-state index contributed by atoms with van der Waals surface area (Å²) in [5.74, 6) is 1.18. The minimum absolute atomic E-state index is 0.338. The first-order valence-corrected chi connectivity index (χ1v) is 5.38. The van der Waals surface area contributed by atoms with Crippen LogP contribution in [0.5, 0.6) is 0 Å². The molecule has 1 aliphatic carbocycles. The maximum absolute atomic E-state index is 10.0. The molecule has 2 heteroatoms. The predicted molar refractivity (Wildman–Crippen MR) is 55.4 cm³/mol. The lowest BCUT2D eigenvalue weighted by Crippen LogP contribution is -2.49. The minimum Gasteiger partial charge on any atom is -0.391 e. The molecule has 0 heterocycles. The second-order valence-electron chi connectivity index (χ2n) is 5.30. The molecule has 0 saturated heterocycles. The van der Waals surface area contributed by atoms with Crippen molar-refractivity contribution in [3.05, 3.63) is 0 Å². The number of rotatable bonds is 2. The normalized spacial score (nSPS) is 33.0. The average molecular weight is 185 g/mol. The van der Waals surface area contributed by atoms with Crippen LogP contribution in [0.15, 0.2) is 0 Å². The summed E-state index contributed by atoms with van der Waals surface area (Å²) >= 11 is 0. The Labute approximate surface area is 81.5 Å². The number of nitrogens with two attached hydrogens (primary N) is 1. The van der Waals surface area contributed by atoms with Crippen molar-refractivity contribution in [1.82, 2.24) is 0 Å². The third kappa shape index (κ3) is 2.96. The van der Waals surface area contributed by atoms with Crippen LogP contribution >= 0.6 is 0 Å². The van der Waals surface area contributed by atoms with Crippen molar-refractivity contribution in [1.29, 1.82) is 0 Å². The molecular weight excluding hydrogens is 162 g/mol. The maximum atomic E-state index is 10.0. The van der Waals surface area contributed by atoms with Gasteiger partial charge in [0.25, 0.3) is 0 Å². The van der Waals surface area contributed by atoms with E-state index >= 15 is 0 Å². The van der Waals surface area contributed by atoms with Crippen LogP contribution in [0.25, 0.3) is 0 Å². The second-order valence-corrected chi connectivity index (χ2v) is 5.30. The van der Waals surface area contributed by atoms with Crippen molar-refractivity contribution >= 4 is 0 Å². The van der Waals surface area contributed by atoms with Gasteiger partial charge in [0.2, 0.25) is 0 Å². The molecular formula is C11H23NO. The molecule has 3 atom stereocenters. The van der Waals surface area contributed by atoms with E-state index < -0.39 is 5.54 Å². The van der Waals surface area contributed by atoms with E-state index in [9.17, 15) is 5.11 Å². The first-order chi connectivity index (χ1) is 5.91. The Bertz CT molecular complexity index is 162. The maximum Gasteiger partial charge on any atom is 0.0742 e. The lowest BCUT2D eigenvalue weighted by molar-refractivity contribution is 0.0219. The fraction of sp³-hybridized carbons (Fsp3) is 1.00. The lowest BCUT2D eigenvalue weighted by Gasteiger charge is -2.37. The summed E-state index contributed by atoms with van der Waals surface area (Å²) in [4.78, 5) is 0. The molecule has 0 aromatic rings. The van der Waals surface area contributed by atoms with Gasteiger partial charge in [0.15, 0.2) is 0 Å². The smallest absolute Gasteiger partial charge is 0.0742 e. The third-order valence-electron chi connectivity index (χ3n) is 3.19. The largest absolute Gasteiger partial charge is 0.391 e. The van der Waals surface area contributed by atoms with Gasteiger partial charge in [-0.05, 0) is 38.5 Å². The van der Waals surface area contributed by atoms with Gasteiger partial charge in [0, 0.05) is 5.54 Å². The topological polar surface area (TPSA) is 46.2 Å². The number of hydrogen-bond donors (Lipinski definition) is 2. The Kier molecular flexibility index (Phi) is 3.36. The van der Waals surface area contributed by atoms with Crippen molar-refractivity contribution in [3.63, 3.8) is 0 Å². The van der Waals surface area contributed by atoms with Crippen molar-refractivity contribution < 1.29 is 5.11 Å². The molecule has 13 heavy (non-hydrogen) atoms. The molecule has 0 aromatic heterocycles. The first kappa shape index (κ1) is 11.0. The second kappa shape index (κ2) is 3.97. The van der Waals surface area contributed by atoms with Crippen LogP contribution < -0.4 is 5.73 Å². The van der Waals surface area contributed by atoms with E-state index in [1.54, 1.807) is 0 Å². The molecule has 0 aliphatic heterocycles. The van der Waals surface area contributed by atoms with Crippen molar-refractivity contribution in [2.75, 3.05) is 0 Å². The number of aliphatic hydroxyl groups excluding tert-OH is 1. The predicted octanol–water partition coefficient (Wildman–Crippen LogP) is 1.91. The van der Waals surface area contributed by atoms with Crippen molar-refractivity contribution in [3.8, 4) is 0 Å². The quantitative estimate of drug-likeness (QED) is 0.690. The number of aliphatic hydroxyl groups is 1. The summed E-state index contributed by atoms with van der Waals surface area (Å²) in [6.07, 6.45) is 4.51. The molecule has 1 saturated carbocycles. The zero-order valence-corrected chi connectivity index (χ0v) is 9.09. The van der Waals surface area contributed by atoms with Gasteiger partial charge in [-0.1, -0.05) is 19.8 Å². The number of hydrogen-bond acceptors (Lipinski definition) is 2. The fourth-order valence-electron chi connectivity index (χ4n) is 2.38. The van der Waals surface area contributed by atoms with E-state index in [1.165, 1.54) is 12.8 Å². The molecule has 2 nitrogen and oxygen atoms in total. The summed E-state index contributed by atoms with van der Waals surface area (Å²) in [6.45, 7) is 6.09. The molecule has 78 valence electrons. The highest BCUT2D eigenvalue weighted by molar-refractivity contribution is 4.89. The standard InChI is InChI=1S/C11H23NO/c1-8-5-4-6-9(7-8)10(13)11(2,3)12/h8-10,13H,4-7,12H2,1-3H3. The van der Waals surface area contributed by atoms with E-state index in [1.807, 2.05) is 13.8 Å². The summed E-state index contributed by atoms with van der Waals surface area (Å²) < 4.78 is 0. The van der Waals surface area contributed by atoms with Crippen LogP contribution in [0.3, 0.4) is 0 Å². The van der Waals surface area contributed by atoms with Crippen molar-refractivity contribution in [2.24, 2.45) is 17.6 Å². The average Bonchev–Trinajstić information content (AvgIpc) is 2.01. The molecule has 1 fully saturated rings. The van der Waals surface area contributed by atoms with Crippen LogP contribution in [0.4, 0.5) is 0 Å². The van der Waals surface area contributed by atoms with Crippen LogP contribution in [-0.4, -0.2) is 16.7 Å². The van der Waals surface area contributed by atoms with Gasteiger partial charge in [0.1, 0.15) is 0 Å². The molecule has 3 unspecified atom stereocenters. The van der Waals surface area contributed by atoms with Crippen LogP contribution in [0.2, 0.25) is 0 Å². The van der Waals surface area contributed by atoms with E-state index in [2.05, 4.69) is 6.92 Å². The monoisotopic (exact) mass is 185 g/mol. The van der Waals surface area contributed by atoms with Crippen LogP contribution in [0.1, 0.15) is 46.5 Å². The van der Waals surface area contributed by atoms with Gasteiger partial charge in [-0.3, -0.25) is 0 Å². The molecule has 0 spiro atoms. The highest BCUT2D eigenvalue weighted by Gasteiger charge is 2.33. The van der Waals surface area contributed by atoms with Crippen LogP contribution in [-0.2, 0) is 0 Å². The molecule has 0 amide bonds. The van der Waals surface area contributed by atoms with Gasteiger partial charge in [-0.15, -0.1) is 0 Å². The minimum atomic E-state index is -0.443. The summed E-state index contributed by atoms with van der Waals surface area (Å²) in [6, 6.07) is 0. The molecule has 0 aromatic carbocycles. The van der Waals surface area contributed by atoms with Crippen LogP contribution in [0, 0.1) is 11.8 Å². The summed E-state index contributed by atoms with van der Waals surface area (Å²) in [5.41, 5.74) is 5.46. The SMILES string of the molecule is CC1CCCC(C(O)C(C)(C)N)C1. The molecule has 0 radical (unpaired) electrons. The van der Waals surface area contributed by atoms with E-state index in [-0.39, 0.29) is 6.10 Å². The van der Waals surface area contributed by atoms with Gasteiger partial charge in [0.05, 0.1) is 6.10 Å². The molecule has 1 aliphatic rings. The molecule has 0 bridgehead atoms. The Morgan fingerprint density at radius 3 is 2.46 bits per heavy atom. The lowest BCUT2D eigenvalue weighted by atomic mass is 9.75. The van der Waals surface area contributed by atoms with E-state index in [4.69, 9.17) is 5.73 Å². The Morgan fingerprint density at radius 1 is 1.38 bits per heavy atom. The fourth-order valence-corrected chi connectivity index (χ4v) is 2.38. The molecule has 3 N–H and O–H groups in total. The van der Waals surface area contributed by atoms with Crippen molar-refractivity contribution in [2.45, 2.75) is 58.1 Å². The first-order valence-electron chi connectivity index (χ1n) is 5.38. The van der Waals surface area contributed by atoms with E-state index in [0.717, 1.165) is 18.8 Å². The van der Waals surface area contributed by atoms with Gasteiger partial charge in [-0.2, -0.15) is 0 Å².